The summed E-state index contributed by atoms with van der Waals surface area (Å²) in [6.07, 6.45) is 0. The van der Waals surface area contributed by atoms with Crippen LogP contribution in [0.3, 0.4) is 0 Å². The number of benzene rings is 7. The van der Waals surface area contributed by atoms with Crippen LogP contribution in [0.15, 0.2) is 158 Å². The third kappa shape index (κ3) is 5.79. The normalized spacial score (nSPS) is 11.9. The average Bonchev–Trinajstić information content (AvgIpc) is 3.10. The predicted octanol–water partition coefficient (Wildman–Crippen LogP) is 11.0. The molecule has 0 amide bonds. The van der Waals surface area contributed by atoms with Crippen molar-refractivity contribution in [1.82, 2.24) is 0 Å². The van der Waals surface area contributed by atoms with Crippen molar-refractivity contribution < 1.29 is 25.8 Å². The summed E-state index contributed by atoms with van der Waals surface area (Å²) in [5.41, 5.74) is 0.782. The highest BCUT2D eigenvalue weighted by Crippen LogP contribution is 2.45. The summed E-state index contributed by atoms with van der Waals surface area (Å²) >= 11 is 0. The summed E-state index contributed by atoms with van der Waals surface area (Å²) in [6.45, 7) is 0. The van der Waals surface area contributed by atoms with E-state index >= 15 is 0 Å². The van der Waals surface area contributed by atoms with Gasteiger partial charge in [-0.25, -0.2) is 0 Å². The molecule has 0 aliphatic heterocycles. The largest absolute Gasteiger partial charge is 0.534 e. The maximum atomic E-state index is 13.5. The third-order valence-electron chi connectivity index (χ3n) is 8.03. The molecule has 0 bridgehead atoms. The van der Waals surface area contributed by atoms with E-state index in [0.29, 0.717) is 16.5 Å². The van der Waals surface area contributed by atoms with Crippen LogP contribution in [0.4, 0.5) is 30.2 Å². The Labute approximate surface area is 270 Å². The number of anilines is 3. The lowest BCUT2D eigenvalue weighted by molar-refractivity contribution is -0.0499. The SMILES string of the molecule is O=S(=O)(Oc1ccc(N(c2ccc(-c3ccccc3)cc2)c2ccc(-c3ccccc3)cc2)c2ccc3ccccc3c12)C(F)(F)F. The molecule has 0 fully saturated rings. The van der Waals surface area contributed by atoms with Crippen LogP contribution in [0.1, 0.15) is 0 Å². The molecule has 0 N–H and O–H groups in total. The Morgan fingerprint density at radius 3 is 1.51 bits per heavy atom. The van der Waals surface area contributed by atoms with E-state index in [2.05, 4.69) is 0 Å². The second-order valence-corrected chi connectivity index (χ2v) is 12.5. The van der Waals surface area contributed by atoms with Gasteiger partial charge in [-0.05, 0) is 69.4 Å². The first kappa shape index (κ1) is 30.1. The van der Waals surface area contributed by atoms with Gasteiger partial charge in [-0.3, -0.25) is 0 Å². The number of hydrogen-bond donors (Lipinski definition) is 0. The van der Waals surface area contributed by atoms with Gasteiger partial charge < -0.3 is 9.08 Å². The van der Waals surface area contributed by atoms with Crippen molar-refractivity contribution in [3.05, 3.63) is 158 Å². The molecule has 0 atom stereocenters. The molecule has 8 heteroatoms. The molecular formula is C39H26F3NO3S. The maximum Gasteiger partial charge on any atom is 0.534 e. The molecule has 0 aromatic heterocycles. The fraction of sp³-hybridized carbons (Fsp3) is 0.0256. The standard InChI is InChI=1S/C39H26F3NO3S/c40-39(41,42)47(44,45)46-37-26-25-36(35-24-19-31-13-7-8-14-34(31)38(35)37)43(32-20-15-29(16-21-32)27-9-3-1-4-10-27)33-22-17-30(18-23-33)28-11-5-2-6-12-28/h1-26H. The first-order chi connectivity index (χ1) is 22.7. The summed E-state index contributed by atoms with van der Waals surface area (Å²) in [7, 11) is -5.92. The van der Waals surface area contributed by atoms with Gasteiger partial charge in [0.1, 0.15) is 0 Å². The first-order valence-corrected chi connectivity index (χ1v) is 16.2. The van der Waals surface area contributed by atoms with Crippen LogP contribution < -0.4 is 9.08 Å². The van der Waals surface area contributed by atoms with Gasteiger partial charge in [-0.2, -0.15) is 21.6 Å². The summed E-state index contributed by atoms with van der Waals surface area (Å²) in [5.74, 6) is -0.406. The Hall–Kier alpha value is -5.60. The molecule has 0 aliphatic carbocycles. The summed E-state index contributed by atoms with van der Waals surface area (Å²) < 4.78 is 69.6. The highest BCUT2D eigenvalue weighted by atomic mass is 32.2. The second-order valence-electron chi connectivity index (χ2n) is 10.9. The Morgan fingerprint density at radius 1 is 0.489 bits per heavy atom. The van der Waals surface area contributed by atoms with Crippen molar-refractivity contribution in [2.24, 2.45) is 0 Å². The molecule has 0 saturated heterocycles. The minimum Gasteiger partial charge on any atom is -0.375 e. The van der Waals surface area contributed by atoms with E-state index in [9.17, 15) is 21.6 Å². The Bertz CT molecular complexity index is 2230. The number of rotatable bonds is 7. The van der Waals surface area contributed by atoms with E-state index in [1.54, 1.807) is 30.3 Å². The van der Waals surface area contributed by atoms with Crippen molar-refractivity contribution in [1.29, 1.82) is 0 Å². The molecule has 232 valence electrons. The number of nitrogens with zero attached hydrogens (tertiary/aromatic N) is 1. The number of hydrogen-bond acceptors (Lipinski definition) is 4. The minimum absolute atomic E-state index is 0.250. The van der Waals surface area contributed by atoms with Crippen molar-refractivity contribution in [2.45, 2.75) is 5.51 Å². The van der Waals surface area contributed by atoms with Gasteiger partial charge in [-0.1, -0.05) is 121 Å². The predicted molar refractivity (Wildman–Crippen MR) is 183 cm³/mol. The monoisotopic (exact) mass is 645 g/mol. The molecule has 0 aliphatic rings. The number of fused-ring (bicyclic) bond motifs is 3. The topological polar surface area (TPSA) is 46.6 Å². The molecule has 0 heterocycles. The number of alkyl halides is 3. The zero-order chi connectivity index (χ0) is 32.6. The van der Waals surface area contributed by atoms with Gasteiger partial charge in [0.2, 0.25) is 0 Å². The summed E-state index contributed by atoms with van der Waals surface area (Å²) in [6, 6.07) is 49.6. The smallest absolute Gasteiger partial charge is 0.375 e. The molecular weight excluding hydrogens is 619 g/mol. The van der Waals surface area contributed by atoms with Crippen LogP contribution in [0.25, 0.3) is 43.8 Å². The van der Waals surface area contributed by atoms with Crippen molar-refractivity contribution in [3.8, 4) is 28.0 Å². The van der Waals surface area contributed by atoms with Gasteiger partial charge in [0.05, 0.1) is 5.69 Å². The van der Waals surface area contributed by atoms with E-state index in [0.717, 1.165) is 39.0 Å². The summed E-state index contributed by atoms with van der Waals surface area (Å²) in [5, 5.41) is 2.04. The van der Waals surface area contributed by atoms with Crippen molar-refractivity contribution in [2.75, 3.05) is 4.90 Å². The minimum atomic E-state index is -5.92. The fourth-order valence-electron chi connectivity index (χ4n) is 5.80. The van der Waals surface area contributed by atoms with Crippen molar-refractivity contribution >= 4 is 48.7 Å². The molecule has 0 spiro atoms. The molecule has 7 aromatic rings. The van der Waals surface area contributed by atoms with E-state index in [4.69, 9.17) is 4.18 Å². The fourth-order valence-corrected chi connectivity index (χ4v) is 6.27. The average molecular weight is 646 g/mol. The first-order valence-electron chi connectivity index (χ1n) is 14.8. The van der Waals surface area contributed by atoms with Crippen molar-refractivity contribution in [3.63, 3.8) is 0 Å². The molecule has 7 rings (SSSR count). The summed E-state index contributed by atoms with van der Waals surface area (Å²) in [4.78, 5) is 2.00. The highest BCUT2D eigenvalue weighted by molar-refractivity contribution is 7.88. The second kappa shape index (κ2) is 12.0. The van der Waals surface area contributed by atoms with Crippen LogP contribution in [0.5, 0.6) is 5.75 Å². The Balaban J connectivity index is 1.44. The zero-order valence-electron chi connectivity index (χ0n) is 24.7. The molecule has 0 radical (unpaired) electrons. The number of halogens is 3. The molecule has 4 nitrogen and oxygen atoms in total. The van der Waals surface area contributed by atoms with Crippen LogP contribution in [-0.2, 0) is 10.1 Å². The van der Waals surface area contributed by atoms with E-state index in [-0.39, 0.29) is 5.39 Å². The van der Waals surface area contributed by atoms with E-state index < -0.39 is 21.4 Å². The molecule has 47 heavy (non-hydrogen) atoms. The molecule has 0 saturated carbocycles. The lowest BCUT2D eigenvalue weighted by Crippen LogP contribution is -2.28. The lowest BCUT2D eigenvalue weighted by atomic mass is 9.98. The van der Waals surface area contributed by atoms with Gasteiger partial charge in [0.15, 0.2) is 5.75 Å². The van der Waals surface area contributed by atoms with Crippen LogP contribution >= 0.6 is 0 Å². The Kier molecular flexibility index (Phi) is 7.66. The van der Waals surface area contributed by atoms with Gasteiger partial charge in [0.25, 0.3) is 0 Å². The van der Waals surface area contributed by atoms with Gasteiger partial charge in [0, 0.05) is 22.1 Å². The van der Waals surface area contributed by atoms with Gasteiger partial charge >= 0.3 is 15.6 Å². The van der Waals surface area contributed by atoms with Crippen LogP contribution in [0.2, 0.25) is 0 Å². The van der Waals surface area contributed by atoms with E-state index in [1.807, 2.05) is 126 Å². The quantitative estimate of drug-likeness (QED) is 0.0983. The molecule has 0 unspecified atom stereocenters. The third-order valence-corrected chi connectivity index (χ3v) is 9.00. The zero-order valence-corrected chi connectivity index (χ0v) is 25.5. The Morgan fingerprint density at radius 2 is 0.979 bits per heavy atom. The van der Waals surface area contributed by atoms with Gasteiger partial charge in [-0.15, -0.1) is 0 Å². The maximum absolute atomic E-state index is 13.5. The lowest BCUT2D eigenvalue weighted by Gasteiger charge is -2.28. The van der Waals surface area contributed by atoms with Crippen LogP contribution in [-0.4, -0.2) is 13.9 Å². The molecule has 7 aromatic carbocycles. The van der Waals surface area contributed by atoms with Crippen LogP contribution in [0, 0.1) is 0 Å². The highest BCUT2D eigenvalue weighted by Gasteiger charge is 2.48. The van der Waals surface area contributed by atoms with E-state index in [1.165, 1.54) is 6.07 Å².